The SMILES string of the molecule is COc1cc2nc(CN(CCO)[C@H]3CS(=O)(=O)C[C@@H]3O)nc(N3CCCC3)c2cc1OC. The Labute approximate surface area is 187 Å². The summed E-state index contributed by atoms with van der Waals surface area (Å²) in [6.45, 7) is 2.03. The third kappa shape index (κ3) is 4.61. The first-order valence-corrected chi connectivity index (χ1v) is 12.6. The first-order chi connectivity index (χ1) is 15.3. The summed E-state index contributed by atoms with van der Waals surface area (Å²) >= 11 is 0. The molecule has 176 valence electrons. The van der Waals surface area contributed by atoms with E-state index in [4.69, 9.17) is 19.4 Å². The summed E-state index contributed by atoms with van der Waals surface area (Å²) in [5.74, 6) is 2.03. The third-order valence-electron chi connectivity index (χ3n) is 6.13. The number of hydrogen-bond donors (Lipinski definition) is 2. The quantitative estimate of drug-likeness (QED) is 0.557. The van der Waals surface area contributed by atoms with Crippen LogP contribution < -0.4 is 14.4 Å². The Balaban J connectivity index is 1.75. The van der Waals surface area contributed by atoms with E-state index in [1.54, 1.807) is 19.1 Å². The minimum absolute atomic E-state index is 0.147. The van der Waals surface area contributed by atoms with Crippen LogP contribution in [0.5, 0.6) is 11.5 Å². The van der Waals surface area contributed by atoms with Gasteiger partial charge in [0, 0.05) is 31.1 Å². The Morgan fingerprint density at radius 2 is 1.81 bits per heavy atom. The van der Waals surface area contributed by atoms with Gasteiger partial charge in [0.25, 0.3) is 0 Å². The standard InChI is InChI=1S/C21H30N4O6S/c1-30-18-9-14-15(10-19(18)31-2)22-20(23-21(14)24-5-3-4-6-24)11-25(7-8-26)16-12-32(28,29)13-17(16)27/h9-10,16-17,26-27H,3-8,11-13H2,1-2H3/t16-,17-/m0/s1. The van der Waals surface area contributed by atoms with Crippen LogP contribution in [0.3, 0.4) is 0 Å². The van der Waals surface area contributed by atoms with Crippen molar-refractivity contribution in [3.63, 3.8) is 0 Å². The zero-order chi connectivity index (χ0) is 22.9. The molecule has 2 aliphatic rings. The van der Waals surface area contributed by atoms with Gasteiger partial charge in [-0.3, -0.25) is 4.90 Å². The Hall–Kier alpha value is -2.21. The van der Waals surface area contributed by atoms with E-state index < -0.39 is 22.0 Å². The molecule has 2 fully saturated rings. The van der Waals surface area contributed by atoms with Crippen molar-refractivity contribution < 1.29 is 28.1 Å². The van der Waals surface area contributed by atoms with Gasteiger partial charge < -0.3 is 24.6 Å². The van der Waals surface area contributed by atoms with Gasteiger partial charge in [-0.05, 0) is 18.9 Å². The predicted molar refractivity (Wildman–Crippen MR) is 120 cm³/mol. The topological polar surface area (TPSA) is 125 Å². The molecule has 11 heteroatoms. The molecule has 2 aliphatic heterocycles. The summed E-state index contributed by atoms with van der Waals surface area (Å²) in [5.41, 5.74) is 0.693. The fraction of sp³-hybridized carbons (Fsp3) is 0.619. The number of aromatic nitrogens is 2. The van der Waals surface area contributed by atoms with Gasteiger partial charge in [0.15, 0.2) is 21.3 Å². The molecule has 0 amide bonds. The average Bonchev–Trinajstić information content (AvgIpc) is 3.39. The van der Waals surface area contributed by atoms with Crippen LogP contribution in [0.15, 0.2) is 12.1 Å². The van der Waals surface area contributed by atoms with Gasteiger partial charge in [-0.25, -0.2) is 18.4 Å². The molecule has 0 aliphatic carbocycles. The lowest BCUT2D eigenvalue weighted by molar-refractivity contribution is 0.0640. The first kappa shape index (κ1) is 23.0. The highest BCUT2D eigenvalue weighted by atomic mass is 32.2. The van der Waals surface area contributed by atoms with Crippen molar-refractivity contribution >= 4 is 26.6 Å². The Morgan fingerprint density at radius 3 is 2.41 bits per heavy atom. The summed E-state index contributed by atoms with van der Waals surface area (Å²) in [7, 11) is -0.173. The second-order valence-electron chi connectivity index (χ2n) is 8.29. The number of sulfone groups is 1. The summed E-state index contributed by atoms with van der Waals surface area (Å²) in [6.07, 6.45) is 1.16. The smallest absolute Gasteiger partial charge is 0.162 e. The maximum atomic E-state index is 12.0. The third-order valence-corrected chi connectivity index (χ3v) is 7.83. The van der Waals surface area contributed by atoms with Crippen LogP contribution in [0.25, 0.3) is 10.9 Å². The molecular weight excluding hydrogens is 436 g/mol. The van der Waals surface area contributed by atoms with Crippen LogP contribution in [-0.2, 0) is 16.4 Å². The van der Waals surface area contributed by atoms with Crippen molar-refractivity contribution in [2.45, 2.75) is 31.5 Å². The van der Waals surface area contributed by atoms with E-state index in [2.05, 4.69) is 4.90 Å². The van der Waals surface area contributed by atoms with Crippen molar-refractivity contribution in [3.05, 3.63) is 18.0 Å². The lowest BCUT2D eigenvalue weighted by Crippen LogP contribution is -2.44. The number of aliphatic hydroxyl groups is 2. The zero-order valence-electron chi connectivity index (χ0n) is 18.4. The van der Waals surface area contributed by atoms with Gasteiger partial charge in [-0.2, -0.15) is 0 Å². The van der Waals surface area contributed by atoms with Gasteiger partial charge in [0.1, 0.15) is 11.6 Å². The van der Waals surface area contributed by atoms with Crippen LogP contribution in [0.1, 0.15) is 18.7 Å². The molecule has 2 saturated heterocycles. The number of fused-ring (bicyclic) bond motifs is 1. The predicted octanol–water partition coefficient (Wildman–Crippen LogP) is 0.199. The first-order valence-electron chi connectivity index (χ1n) is 10.8. The Morgan fingerprint density at radius 1 is 1.12 bits per heavy atom. The number of hydrogen-bond acceptors (Lipinski definition) is 10. The zero-order valence-corrected chi connectivity index (χ0v) is 19.2. The van der Waals surface area contributed by atoms with Gasteiger partial charge in [-0.15, -0.1) is 0 Å². The minimum Gasteiger partial charge on any atom is -0.493 e. The molecule has 10 nitrogen and oxygen atoms in total. The van der Waals surface area contributed by atoms with Gasteiger partial charge >= 0.3 is 0 Å². The number of ether oxygens (including phenoxy) is 2. The lowest BCUT2D eigenvalue weighted by atomic mass is 10.1. The molecule has 2 N–H and O–H groups in total. The van der Waals surface area contributed by atoms with Gasteiger partial charge in [-0.1, -0.05) is 0 Å². The van der Waals surface area contributed by atoms with E-state index in [-0.39, 0.29) is 31.2 Å². The van der Waals surface area contributed by atoms with E-state index >= 15 is 0 Å². The highest BCUT2D eigenvalue weighted by Crippen LogP contribution is 2.36. The molecule has 0 radical (unpaired) electrons. The van der Waals surface area contributed by atoms with E-state index in [0.29, 0.717) is 22.8 Å². The number of aliphatic hydroxyl groups excluding tert-OH is 2. The largest absolute Gasteiger partial charge is 0.493 e. The maximum Gasteiger partial charge on any atom is 0.162 e. The highest BCUT2D eigenvalue weighted by Gasteiger charge is 2.40. The van der Waals surface area contributed by atoms with Crippen LogP contribution in [-0.4, -0.2) is 97.6 Å². The van der Waals surface area contributed by atoms with Crippen molar-refractivity contribution in [1.82, 2.24) is 14.9 Å². The van der Waals surface area contributed by atoms with Crippen LogP contribution >= 0.6 is 0 Å². The van der Waals surface area contributed by atoms with E-state index in [9.17, 15) is 18.6 Å². The molecule has 2 aromatic rings. The fourth-order valence-corrected chi connectivity index (χ4v) is 6.39. The number of methoxy groups -OCH3 is 2. The van der Waals surface area contributed by atoms with Crippen LogP contribution in [0.4, 0.5) is 5.82 Å². The molecule has 2 atom stereocenters. The summed E-state index contributed by atoms with van der Waals surface area (Å²) in [5, 5.41) is 20.8. The van der Waals surface area contributed by atoms with E-state index in [1.807, 2.05) is 12.1 Å². The second-order valence-corrected chi connectivity index (χ2v) is 10.4. The molecule has 32 heavy (non-hydrogen) atoms. The summed E-state index contributed by atoms with van der Waals surface area (Å²) in [6, 6.07) is 3.08. The monoisotopic (exact) mass is 466 g/mol. The highest BCUT2D eigenvalue weighted by molar-refractivity contribution is 7.91. The van der Waals surface area contributed by atoms with Crippen molar-refractivity contribution in [3.8, 4) is 11.5 Å². The molecule has 0 saturated carbocycles. The molecule has 0 unspecified atom stereocenters. The normalized spacial score (nSPS) is 22.7. The van der Waals surface area contributed by atoms with Crippen molar-refractivity contribution in [2.75, 3.05) is 56.9 Å². The summed E-state index contributed by atoms with van der Waals surface area (Å²) in [4.78, 5) is 13.5. The van der Waals surface area contributed by atoms with Gasteiger partial charge in [0.2, 0.25) is 0 Å². The van der Waals surface area contributed by atoms with E-state index in [0.717, 1.165) is 37.1 Å². The van der Waals surface area contributed by atoms with Crippen molar-refractivity contribution in [1.29, 1.82) is 0 Å². The second kappa shape index (κ2) is 9.34. The fourth-order valence-electron chi connectivity index (χ4n) is 4.56. The molecular formula is C21H30N4O6S. The van der Waals surface area contributed by atoms with E-state index in [1.165, 1.54) is 0 Å². The number of anilines is 1. The molecule has 4 rings (SSSR count). The minimum atomic E-state index is -3.33. The van der Waals surface area contributed by atoms with Crippen molar-refractivity contribution in [2.24, 2.45) is 0 Å². The Bertz CT molecular complexity index is 1070. The molecule has 0 bridgehead atoms. The molecule has 1 aromatic heterocycles. The van der Waals surface area contributed by atoms with Gasteiger partial charge in [0.05, 0.1) is 56.5 Å². The lowest BCUT2D eigenvalue weighted by Gasteiger charge is -2.29. The molecule has 0 spiro atoms. The van der Waals surface area contributed by atoms with Crippen LogP contribution in [0, 0.1) is 0 Å². The molecule has 1 aromatic carbocycles. The Kier molecular flexibility index (Phi) is 6.70. The van der Waals surface area contributed by atoms with Crippen LogP contribution in [0.2, 0.25) is 0 Å². The number of rotatable bonds is 8. The number of nitrogens with zero attached hydrogens (tertiary/aromatic N) is 4. The number of benzene rings is 1. The molecule has 3 heterocycles. The average molecular weight is 467 g/mol. The maximum absolute atomic E-state index is 12.0. The summed E-state index contributed by atoms with van der Waals surface area (Å²) < 4.78 is 35.0.